The van der Waals surface area contributed by atoms with E-state index < -0.39 is 0 Å². The van der Waals surface area contributed by atoms with Crippen LogP contribution in [0.4, 0.5) is 6.01 Å². The second-order valence-electron chi connectivity index (χ2n) is 3.63. The molecule has 0 amide bonds. The van der Waals surface area contributed by atoms with Crippen molar-refractivity contribution in [1.82, 2.24) is 10.2 Å². The number of alkyl halides is 1. The molecule has 0 saturated heterocycles. The highest BCUT2D eigenvalue weighted by Gasteiger charge is 2.16. The molecule has 2 aromatic heterocycles. The molecule has 0 aromatic carbocycles. The number of hydrogen-bond donors (Lipinski definition) is 0. The van der Waals surface area contributed by atoms with Gasteiger partial charge >= 0.3 is 6.01 Å². The average Bonchev–Trinajstić information content (AvgIpc) is 2.96. The van der Waals surface area contributed by atoms with Gasteiger partial charge in [-0.25, -0.2) is 0 Å². The van der Waals surface area contributed by atoms with E-state index in [1.807, 2.05) is 17.9 Å². The smallest absolute Gasteiger partial charge is 0.318 e. The number of anilines is 1. The van der Waals surface area contributed by atoms with E-state index in [4.69, 9.17) is 16.0 Å². The van der Waals surface area contributed by atoms with Crippen molar-refractivity contribution >= 4 is 29.0 Å². The molecule has 2 heterocycles. The van der Waals surface area contributed by atoms with Gasteiger partial charge in [-0.2, -0.15) is 0 Å². The van der Waals surface area contributed by atoms with Crippen LogP contribution in [0.2, 0.25) is 0 Å². The SMILES string of the molecule is CCN(Cc1cccs1)c1nnc(C(C)Cl)o1. The third-order valence-electron chi connectivity index (χ3n) is 2.35. The highest BCUT2D eigenvalue weighted by atomic mass is 35.5. The van der Waals surface area contributed by atoms with Crippen LogP contribution in [-0.2, 0) is 6.54 Å². The van der Waals surface area contributed by atoms with Gasteiger partial charge in [-0.05, 0) is 25.3 Å². The van der Waals surface area contributed by atoms with Crippen LogP contribution in [0.1, 0.15) is 30.0 Å². The zero-order chi connectivity index (χ0) is 12.3. The molecule has 1 atom stereocenters. The number of halogens is 1. The Kier molecular flexibility index (Phi) is 4.02. The van der Waals surface area contributed by atoms with Crippen LogP contribution < -0.4 is 4.90 Å². The molecule has 6 heteroatoms. The third kappa shape index (κ3) is 2.98. The Balaban J connectivity index is 2.11. The molecule has 0 fully saturated rings. The number of aromatic nitrogens is 2. The summed E-state index contributed by atoms with van der Waals surface area (Å²) in [5, 5.41) is 9.75. The molecule has 0 spiro atoms. The van der Waals surface area contributed by atoms with Crippen molar-refractivity contribution in [1.29, 1.82) is 0 Å². The van der Waals surface area contributed by atoms with Gasteiger partial charge in [0.25, 0.3) is 0 Å². The van der Waals surface area contributed by atoms with Gasteiger partial charge in [-0.3, -0.25) is 0 Å². The molecule has 92 valence electrons. The van der Waals surface area contributed by atoms with Gasteiger partial charge < -0.3 is 9.32 Å². The minimum absolute atomic E-state index is 0.253. The molecule has 1 unspecified atom stereocenters. The van der Waals surface area contributed by atoms with Crippen molar-refractivity contribution in [2.45, 2.75) is 25.8 Å². The molecule has 2 aromatic rings. The van der Waals surface area contributed by atoms with Crippen LogP contribution in [-0.4, -0.2) is 16.7 Å². The lowest BCUT2D eigenvalue weighted by molar-refractivity contribution is 0.484. The second-order valence-corrected chi connectivity index (χ2v) is 5.32. The Morgan fingerprint density at radius 2 is 2.35 bits per heavy atom. The van der Waals surface area contributed by atoms with Crippen molar-refractivity contribution in [3.8, 4) is 0 Å². The fourth-order valence-corrected chi connectivity index (χ4v) is 2.23. The normalized spacial score (nSPS) is 12.6. The molecule has 17 heavy (non-hydrogen) atoms. The van der Waals surface area contributed by atoms with Crippen molar-refractivity contribution in [3.63, 3.8) is 0 Å². The van der Waals surface area contributed by atoms with E-state index in [2.05, 4.69) is 28.6 Å². The molecule has 0 aliphatic rings. The van der Waals surface area contributed by atoms with E-state index in [-0.39, 0.29) is 5.38 Å². The van der Waals surface area contributed by atoms with E-state index in [1.165, 1.54) is 4.88 Å². The van der Waals surface area contributed by atoms with Gasteiger partial charge in [0.05, 0.1) is 6.54 Å². The largest absolute Gasteiger partial charge is 0.406 e. The summed E-state index contributed by atoms with van der Waals surface area (Å²) in [6.45, 7) is 5.47. The first-order valence-electron chi connectivity index (χ1n) is 5.45. The zero-order valence-electron chi connectivity index (χ0n) is 9.76. The molecular formula is C11H14ClN3OS. The molecule has 0 saturated carbocycles. The first-order chi connectivity index (χ1) is 8.20. The summed E-state index contributed by atoms with van der Waals surface area (Å²) < 4.78 is 5.52. The number of rotatable bonds is 5. The van der Waals surface area contributed by atoms with Gasteiger partial charge in [0.2, 0.25) is 5.89 Å². The van der Waals surface area contributed by atoms with Crippen LogP contribution in [0.15, 0.2) is 21.9 Å². The summed E-state index contributed by atoms with van der Waals surface area (Å²) >= 11 is 7.61. The van der Waals surface area contributed by atoms with Gasteiger partial charge in [-0.1, -0.05) is 11.2 Å². The van der Waals surface area contributed by atoms with Crippen molar-refractivity contribution < 1.29 is 4.42 Å². The van der Waals surface area contributed by atoms with E-state index >= 15 is 0 Å². The fourth-order valence-electron chi connectivity index (χ4n) is 1.42. The maximum absolute atomic E-state index is 5.89. The standard InChI is InChI=1S/C11H14ClN3OS/c1-3-15(7-9-5-4-6-17-9)11-14-13-10(16-11)8(2)12/h4-6,8H,3,7H2,1-2H3. The zero-order valence-corrected chi connectivity index (χ0v) is 11.3. The minimum Gasteiger partial charge on any atom is -0.406 e. The van der Waals surface area contributed by atoms with Crippen molar-refractivity contribution in [2.24, 2.45) is 0 Å². The van der Waals surface area contributed by atoms with Crippen molar-refractivity contribution in [3.05, 3.63) is 28.3 Å². The van der Waals surface area contributed by atoms with Gasteiger partial charge in [0.15, 0.2) is 0 Å². The summed E-state index contributed by atoms with van der Waals surface area (Å²) in [6, 6.07) is 4.66. The minimum atomic E-state index is -0.253. The quantitative estimate of drug-likeness (QED) is 0.781. The predicted molar refractivity (Wildman–Crippen MR) is 69.6 cm³/mol. The van der Waals surface area contributed by atoms with Crippen LogP contribution in [0, 0.1) is 0 Å². The van der Waals surface area contributed by atoms with E-state index in [0.29, 0.717) is 11.9 Å². The van der Waals surface area contributed by atoms with Crippen molar-refractivity contribution in [2.75, 3.05) is 11.4 Å². The summed E-state index contributed by atoms with van der Waals surface area (Å²) in [4.78, 5) is 3.30. The lowest BCUT2D eigenvalue weighted by atomic mass is 10.4. The molecule has 0 bridgehead atoms. The number of nitrogens with zero attached hydrogens (tertiary/aromatic N) is 3. The van der Waals surface area contributed by atoms with Gasteiger partial charge in [0, 0.05) is 11.4 Å². The Bertz CT molecular complexity index is 455. The second kappa shape index (κ2) is 5.51. The lowest BCUT2D eigenvalue weighted by Crippen LogP contribution is -2.21. The van der Waals surface area contributed by atoms with Crippen LogP contribution in [0.25, 0.3) is 0 Å². The Morgan fingerprint density at radius 3 is 2.88 bits per heavy atom. The van der Waals surface area contributed by atoms with Crippen LogP contribution >= 0.6 is 22.9 Å². The van der Waals surface area contributed by atoms with Crippen LogP contribution in [0.5, 0.6) is 0 Å². The number of hydrogen-bond acceptors (Lipinski definition) is 5. The molecule has 2 rings (SSSR count). The first-order valence-corrected chi connectivity index (χ1v) is 6.77. The maximum Gasteiger partial charge on any atom is 0.318 e. The summed E-state index contributed by atoms with van der Waals surface area (Å²) in [7, 11) is 0. The number of thiophene rings is 1. The van der Waals surface area contributed by atoms with Crippen LogP contribution in [0.3, 0.4) is 0 Å². The third-order valence-corrected chi connectivity index (χ3v) is 3.40. The van der Waals surface area contributed by atoms with Gasteiger partial charge in [-0.15, -0.1) is 28.0 Å². The topological polar surface area (TPSA) is 42.2 Å². The Morgan fingerprint density at radius 1 is 1.53 bits per heavy atom. The highest BCUT2D eigenvalue weighted by molar-refractivity contribution is 7.09. The van der Waals surface area contributed by atoms with Gasteiger partial charge in [0.1, 0.15) is 5.38 Å². The first kappa shape index (κ1) is 12.4. The molecule has 4 nitrogen and oxygen atoms in total. The summed E-state index contributed by atoms with van der Waals surface area (Å²) in [5.41, 5.74) is 0. The molecule has 0 N–H and O–H groups in total. The molecular weight excluding hydrogens is 258 g/mol. The molecule has 0 aliphatic heterocycles. The van der Waals surface area contributed by atoms with E-state index in [1.54, 1.807) is 11.3 Å². The highest BCUT2D eigenvalue weighted by Crippen LogP contribution is 2.23. The monoisotopic (exact) mass is 271 g/mol. The molecule has 0 radical (unpaired) electrons. The Labute approximate surface area is 109 Å². The summed E-state index contributed by atoms with van der Waals surface area (Å²) in [6.07, 6.45) is 0. The fraction of sp³-hybridized carbons (Fsp3) is 0.455. The Hall–Kier alpha value is -1.07. The van der Waals surface area contributed by atoms with E-state index in [0.717, 1.165) is 13.1 Å². The molecule has 0 aliphatic carbocycles. The maximum atomic E-state index is 5.89. The predicted octanol–water partition coefficient (Wildman–Crippen LogP) is 3.46. The average molecular weight is 272 g/mol. The van der Waals surface area contributed by atoms with E-state index in [9.17, 15) is 0 Å². The lowest BCUT2D eigenvalue weighted by Gasteiger charge is -2.16. The summed E-state index contributed by atoms with van der Waals surface area (Å²) in [5.74, 6) is 0.464.